The van der Waals surface area contributed by atoms with Crippen LogP contribution in [0.3, 0.4) is 0 Å². The summed E-state index contributed by atoms with van der Waals surface area (Å²) in [7, 11) is 0. The molecule has 1 aromatic carbocycles. The molecule has 0 saturated carbocycles. The molecular formula is C13H17NO2. The predicted octanol–water partition coefficient (Wildman–Crippen LogP) is 3.32. The topological polar surface area (TPSA) is 38.3 Å². The van der Waals surface area contributed by atoms with Gasteiger partial charge >= 0.3 is 6.09 Å². The van der Waals surface area contributed by atoms with Crippen LogP contribution in [0.4, 0.5) is 4.79 Å². The van der Waals surface area contributed by atoms with Crippen LogP contribution < -0.4 is 10.1 Å². The van der Waals surface area contributed by atoms with E-state index in [2.05, 4.69) is 5.32 Å². The van der Waals surface area contributed by atoms with Crippen molar-refractivity contribution in [2.45, 2.75) is 27.2 Å². The van der Waals surface area contributed by atoms with E-state index in [0.29, 0.717) is 5.75 Å². The molecule has 0 radical (unpaired) electrons. The van der Waals surface area contributed by atoms with Gasteiger partial charge in [0.15, 0.2) is 0 Å². The van der Waals surface area contributed by atoms with Crippen molar-refractivity contribution in [3.8, 4) is 5.75 Å². The first-order chi connectivity index (χ1) is 7.63. The second-order valence-corrected chi connectivity index (χ2v) is 3.59. The fourth-order valence-electron chi connectivity index (χ4n) is 1.16. The predicted molar refractivity (Wildman–Crippen MR) is 64.5 cm³/mol. The van der Waals surface area contributed by atoms with Gasteiger partial charge in [0.25, 0.3) is 0 Å². The molecule has 0 fully saturated rings. The van der Waals surface area contributed by atoms with Gasteiger partial charge in [0, 0.05) is 6.20 Å². The number of allylic oxidation sites excluding steroid dienone is 1. The first-order valence-electron chi connectivity index (χ1n) is 5.34. The molecule has 0 atom stereocenters. The maximum absolute atomic E-state index is 11.3. The van der Waals surface area contributed by atoms with Gasteiger partial charge in [-0.2, -0.15) is 0 Å². The van der Waals surface area contributed by atoms with Crippen molar-refractivity contribution in [3.05, 3.63) is 41.6 Å². The van der Waals surface area contributed by atoms with Crippen molar-refractivity contribution in [2.24, 2.45) is 0 Å². The van der Waals surface area contributed by atoms with Gasteiger partial charge in [-0.25, -0.2) is 4.79 Å². The van der Waals surface area contributed by atoms with Crippen LogP contribution in [0.15, 0.2) is 30.5 Å². The van der Waals surface area contributed by atoms with Crippen molar-refractivity contribution in [2.75, 3.05) is 0 Å². The van der Waals surface area contributed by atoms with Crippen molar-refractivity contribution in [1.82, 2.24) is 5.32 Å². The normalized spacial score (nSPS) is 10.4. The minimum Gasteiger partial charge on any atom is -0.410 e. The minimum absolute atomic E-state index is 0.465. The van der Waals surface area contributed by atoms with Gasteiger partial charge < -0.3 is 4.74 Å². The van der Waals surface area contributed by atoms with Crippen LogP contribution in [-0.2, 0) is 0 Å². The lowest BCUT2D eigenvalue weighted by Crippen LogP contribution is -2.21. The van der Waals surface area contributed by atoms with E-state index in [-0.39, 0.29) is 0 Å². The number of carbonyl (C=O) groups excluding carboxylic acids is 1. The van der Waals surface area contributed by atoms with Crippen LogP contribution in [-0.4, -0.2) is 6.09 Å². The van der Waals surface area contributed by atoms with E-state index in [4.69, 9.17) is 4.74 Å². The van der Waals surface area contributed by atoms with Crippen LogP contribution in [0.1, 0.15) is 24.5 Å². The largest absolute Gasteiger partial charge is 0.416 e. The highest BCUT2D eigenvalue weighted by Crippen LogP contribution is 2.16. The molecule has 86 valence electrons. The van der Waals surface area contributed by atoms with Crippen molar-refractivity contribution in [1.29, 1.82) is 0 Å². The van der Waals surface area contributed by atoms with E-state index in [1.165, 1.54) is 5.56 Å². The molecule has 0 aliphatic carbocycles. The molecule has 1 rings (SSSR count). The fourth-order valence-corrected chi connectivity index (χ4v) is 1.16. The molecule has 3 nitrogen and oxygen atoms in total. The van der Waals surface area contributed by atoms with Crippen LogP contribution in [0.5, 0.6) is 5.75 Å². The van der Waals surface area contributed by atoms with E-state index in [1.807, 2.05) is 39.0 Å². The minimum atomic E-state index is -0.465. The Balaban J connectivity index is 2.56. The third kappa shape index (κ3) is 3.77. The number of aryl methyl sites for hydroxylation is 2. The molecule has 0 aromatic heterocycles. The van der Waals surface area contributed by atoms with E-state index in [1.54, 1.807) is 12.3 Å². The molecule has 0 saturated heterocycles. The summed E-state index contributed by atoms with van der Waals surface area (Å²) in [4.78, 5) is 11.3. The molecule has 0 aliphatic rings. The van der Waals surface area contributed by atoms with Gasteiger partial charge in [-0.15, -0.1) is 0 Å². The number of amides is 1. The number of ether oxygens (including phenoxy) is 1. The Bertz CT molecular complexity index is 397. The maximum atomic E-state index is 11.3. The molecule has 0 spiro atoms. The van der Waals surface area contributed by atoms with Crippen LogP contribution in [0.25, 0.3) is 0 Å². The summed E-state index contributed by atoms with van der Waals surface area (Å²) >= 11 is 0. The van der Waals surface area contributed by atoms with E-state index < -0.39 is 6.09 Å². The molecule has 1 N–H and O–H groups in total. The Morgan fingerprint density at radius 3 is 2.75 bits per heavy atom. The molecule has 0 heterocycles. The first kappa shape index (κ1) is 12.3. The van der Waals surface area contributed by atoms with Crippen LogP contribution in [0.2, 0.25) is 0 Å². The molecule has 1 aromatic rings. The SMILES string of the molecule is CCC=CNC(=O)Oc1ccc(C)c(C)c1. The number of nitrogens with one attached hydrogen (secondary N) is 1. The van der Waals surface area contributed by atoms with Gasteiger partial charge in [0.1, 0.15) is 5.75 Å². The van der Waals surface area contributed by atoms with Gasteiger partial charge in [0.2, 0.25) is 0 Å². The Labute approximate surface area is 96.1 Å². The summed E-state index contributed by atoms with van der Waals surface area (Å²) in [6.45, 7) is 5.99. The second-order valence-electron chi connectivity index (χ2n) is 3.59. The Kier molecular flexibility index (Phi) is 4.58. The molecule has 1 amide bonds. The third-order valence-corrected chi connectivity index (χ3v) is 2.24. The van der Waals surface area contributed by atoms with Crippen molar-refractivity contribution < 1.29 is 9.53 Å². The van der Waals surface area contributed by atoms with E-state index in [0.717, 1.165) is 12.0 Å². The van der Waals surface area contributed by atoms with E-state index in [9.17, 15) is 4.79 Å². The summed E-state index contributed by atoms with van der Waals surface area (Å²) in [5.74, 6) is 0.561. The lowest BCUT2D eigenvalue weighted by atomic mass is 10.1. The number of hydrogen-bond donors (Lipinski definition) is 1. The maximum Gasteiger partial charge on any atom is 0.416 e. The molecule has 0 bridgehead atoms. The number of benzene rings is 1. The van der Waals surface area contributed by atoms with Gasteiger partial charge in [-0.3, -0.25) is 5.32 Å². The molecule has 16 heavy (non-hydrogen) atoms. The van der Waals surface area contributed by atoms with Gasteiger partial charge in [0.05, 0.1) is 0 Å². The quantitative estimate of drug-likeness (QED) is 0.846. The molecule has 0 unspecified atom stereocenters. The average Bonchev–Trinajstić information content (AvgIpc) is 2.24. The second kappa shape index (κ2) is 5.95. The number of rotatable bonds is 3. The number of hydrogen-bond acceptors (Lipinski definition) is 2. The Morgan fingerprint density at radius 2 is 2.12 bits per heavy atom. The van der Waals surface area contributed by atoms with E-state index >= 15 is 0 Å². The summed E-state index contributed by atoms with van der Waals surface area (Å²) in [6, 6.07) is 5.56. The highest BCUT2D eigenvalue weighted by atomic mass is 16.5. The summed E-state index contributed by atoms with van der Waals surface area (Å²) in [6.07, 6.45) is 3.85. The summed E-state index contributed by atoms with van der Waals surface area (Å²) < 4.78 is 5.10. The molecule has 3 heteroatoms. The summed E-state index contributed by atoms with van der Waals surface area (Å²) in [5, 5.41) is 2.52. The first-order valence-corrected chi connectivity index (χ1v) is 5.34. The van der Waals surface area contributed by atoms with Crippen molar-refractivity contribution >= 4 is 6.09 Å². The highest BCUT2D eigenvalue weighted by Gasteiger charge is 2.02. The molecule has 0 aliphatic heterocycles. The fraction of sp³-hybridized carbons (Fsp3) is 0.308. The zero-order chi connectivity index (χ0) is 12.0. The van der Waals surface area contributed by atoms with Crippen LogP contribution >= 0.6 is 0 Å². The van der Waals surface area contributed by atoms with Gasteiger partial charge in [-0.1, -0.05) is 19.1 Å². The van der Waals surface area contributed by atoms with Crippen molar-refractivity contribution in [3.63, 3.8) is 0 Å². The standard InChI is InChI=1S/C13H17NO2/c1-4-5-8-14-13(15)16-12-7-6-10(2)11(3)9-12/h5-9H,4H2,1-3H3,(H,14,15). The zero-order valence-electron chi connectivity index (χ0n) is 9.91. The van der Waals surface area contributed by atoms with Crippen LogP contribution in [0, 0.1) is 13.8 Å². The third-order valence-electron chi connectivity index (χ3n) is 2.24. The highest BCUT2D eigenvalue weighted by molar-refractivity contribution is 5.71. The summed E-state index contributed by atoms with van der Waals surface area (Å²) in [5.41, 5.74) is 2.29. The lowest BCUT2D eigenvalue weighted by molar-refractivity contribution is 0.204. The van der Waals surface area contributed by atoms with Gasteiger partial charge in [-0.05, 0) is 43.5 Å². The average molecular weight is 219 g/mol. The Morgan fingerprint density at radius 1 is 1.38 bits per heavy atom. The Hall–Kier alpha value is -1.77. The zero-order valence-corrected chi connectivity index (χ0v) is 9.91. The number of carbonyl (C=O) groups is 1. The monoisotopic (exact) mass is 219 g/mol. The lowest BCUT2D eigenvalue weighted by Gasteiger charge is -2.05. The molecular weight excluding hydrogens is 202 g/mol. The smallest absolute Gasteiger partial charge is 0.410 e.